The van der Waals surface area contributed by atoms with E-state index in [0.29, 0.717) is 45.2 Å². The van der Waals surface area contributed by atoms with Crippen LogP contribution < -0.4 is 24.2 Å². The lowest BCUT2D eigenvalue weighted by Gasteiger charge is -2.13. The van der Waals surface area contributed by atoms with E-state index in [1.54, 1.807) is 24.4 Å². The average molecular weight is 645 g/mol. The molecule has 0 atom stereocenters. The van der Waals surface area contributed by atoms with Crippen LogP contribution in [0, 0.1) is 5.92 Å². The molecule has 4 rings (SSSR count). The van der Waals surface area contributed by atoms with Crippen molar-refractivity contribution < 1.29 is 14.3 Å². The van der Waals surface area contributed by atoms with Gasteiger partial charge in [0.25, 0.3) is 5.91 Å². The Hall–Kier alpha value is -2.62. The predicted octanol–water partition coefficient (Wildman–Crippen LogP) is 3.43. The van der Waals surface area contributed by atoms with Gasteiger partial charge in [-0.1, -0.05) is 22.9 Å². The Morgan fingerprint density at radius 1 is 1.33 bits per heavy atom. The van der Waals surface area contributed by atoms with Crippen molar-refractivity contribution in [3.05, 3.63) is 35.0 Å². The zero-order valence-electron chi connectivity index (χ0n) is 19.7. The van der Waals surface area contributed by atoms with Crippen LogP contribution in [-0.2, 0) is 9.59 Å². The average Bonchev–Trinajstić information content (AvgIpc) is 3.52. The number of fused-ring (bicyclic) bond motifs is 1. The van der Waals surface area contributed by atoms with Crippen LogP contribution in [0.2, 0.25) is 5.02 Å². The normalized spacial score (nSPS) is 13.6. The summed E-state index contributed by atoms with van der Waals surface area (Å²) >= 11 is 9.91. The lowest BCUT2D eigenvalue weighted by molar-refractivity contribution is -0.123. The third-order valence-corrected chi connectivity index (χ3v) is 6.83. The molecule has 1 aliphatic carbocycles. The first-order valence-electron chi connectivity index (χ1n) is 11.2. The number of carbonyl (C=O) groups excluding carboxylic acids is 2. The van der Waals surface area contributed by atoms with Gasteiger partial charge in [0, 0.05) is 30.8 Å². The van der Waals surface area contributed by atoms with Gasteiger partial charge in [-0.25, -0.2) is 4.98 Å². The number of nitrogens with zero attached hydrogens (tertiary/aromatic N) is 3. The highest BCUT2D eigenvalue weighted by atomic mass is 127. The SMILES string of the molecule is CN(C)CCNC(=O)COc1ccc(/C(=C/NI)Nc2n[nH]c3nc(NC(=O)C4CC4)sc23)c(Cl)c1. The number of H-pyrrole nitrogens is 1. The first-order valence-corrected chi connectivity index (χ1v) is 13.4. The van der Waals surface area contributed by atoms with Crippen molar-refractivity contribution in [1.82, 2.24) is 28.9 Å². The van der Waals surface area contributed by atoms with Crippen LogP contribution in [0.15, 0.2) is 24.4 Å². The summed E-state index contributed by atoms with van der Waals surface area (Å²) < 4.78 is 9.35. The van der Waals surface area contributed by atoms with Gasteiger partial charge in [0.1, 0.15) is 10.4 Å². The number of hydrogen-bond acceptors (Lipinski definition) is 9. The van der Waals surface area contributed by atoms with E-state index in [1.165, 1.54) is 11.3 Å². The van der Waals surface area contributed by atoms with Gasteiger partial charge in [-0.3, -0.25) is 14.7 Å². The summed E-state index contributed by atoms with van der Waals surface area (Å²) in [6.45, 7) is 1.20. The molecule has 0 saturated heterocycles. The van der Waals surface area contributed by atoms with E-state index in [1.807, 2.05) is 41.9 Å². The van der Waals surface area contributed by atoms with E-state index in [4.69, 9.17) is 16.3 Å². The van der Waals surface area contributed by atoms with Gasteiger partial charge in [-0.15, -0.1) is 0 Å². The quantitative estimate of drug-likeness (QED) is 0.150. The van der Waals surface area contributed by atoms with Crippen molar-refractivity contribution in [3.63, 3.8) is 0 Å². The minimum atomic E-state index is -0.201. The Morgan fingerprint density at radius 3 is 2.83 bits per heavy atom. The van der Waals surface area contributed by atoms with Gasteiger partial charge in [0.2, 0.25) is 5.91 Å². The lowest BCUT2D eigenvalue weighted by Crippen LogP contribution is -2.34. The number of carbonyl (C=O) groups is 2. The first-order chi connectivity index (χ1) is 17.3. The lowest BCUT2D eigenvalue weighted by atomic mass is 10.1. The predicted molar refractivity (Wildman–Crippen MR) is 150 cm³/mol. The highest BCUT2D eigenvalue weighted by Crippen LogP contribution is 2.35. The molecular formula is C22H26ClIN8O3S. The van der Waals surface area contributed by atoms with Crippen molar-refractivity contribution in [2.75, 3.05) is 44.4 Å². The van der Waals surface area contributed by atoms with Crippen molar-refractivity contribution in [2.45, 2.75) is 12.8 Å². The van der Waals surface area contributed by atoms with Crippen molar-refractivity contribution in [3.8, 4) is 5.75 Å². The molecule has 11 nitrogen and oxygen atoms in total. The van der Waals surface area contributed by atoms with Gasteiger partial charge in [0.05, 0.1) is 33.6 Å². The van der Waals surface area contributed by atoms with Crippen molar-refractivity contribution in [2.24, 2.45) is 5.92 Å². The molecule has 5 N–H and O–H groups in total. The third-order valence-electron chi connectivity index (χ3n) is 5.23. The number of aromatic nitrogens is 3. The highest BCUT2D eigenvalue weighted by molar-refractivity contribution is 14.1. The molecule has 0 aliphatic heterocycles. The summed E-state index contributed by atoms with van der Waals surface area (Å²) in [5, 5.41) is 17.1. The van der Waals surface area contributed by atoms with Crippen molar-refractivity contribution >= 4 is 84.6 Å². The van der Waals surface area contributed by atoms with Gasteiger partial charge in [-0.2, -0.15) is 5.10 Å². The molecule has 36 heavy (non-hydrogen) atoms. The Kier molecular flexibility index (Phi) is 8.87. The summed E-state index contributed by atoms with van der Waals surface area (Å²) in [5.41, 5.74) is 1.94. The maximum atomic E-state index is 12.1. The summed E-state index contributed by atoms with van der Waals surface area (Å²) in [4.78, 5) is 30.4. The molecule has 1 saturated carbocycles. The number of halogens is 2. The van der Waals surface area contributed by atoms with E-state index in [-0.39, 0.29) is 24.3 Å². The third kappa shape index (κ3) is 6.99. The number of nitrogens with one attached hydrogen (secondary N) is 5. The van der Waals surface area contributed by atoms with E-state index < -0.39 is 0 Å². The highest BCUT2D eigenvalue weighted by Gasteiger charge is 2.30. The maximum Gasteiger partial charge on any atom is 0.257 e. The molecular weight excluding hydrogens is 619 g/mol. The molecule has 2 amide bonds. The Balaban J connectivity index is 1.42. The number of aromatic amines is 1. The van der Waals surface area contributed by atoms with Gasteiger partial charge >= 0.3 is 0 Å². The molecule has 0 spiro atoms. The minimum Gasteiger partial charge on any atom is -0.484 e. The van der Waals surface area contributed by atoms with Crippen LogP contribution in [0.5, 0.6) is 5.75 Å². The monoisotopic (exact) mass is 644 g/mol. The second-order valence-corrected chi connectivity index (χ2v) is 10.4. The Morgan fingerprint density at radius 2 is 2.14 bits per heavy atom. The zero-order valence-corrected chi connectivity index (χ0v) is 23.4. The first kappa shape index (κ1) is 26.4. The van der Waals surface area contributed by atoms with E-state index in [9.17, 15) is 9.59 Å². The molecule has 0 radical (unpaired) electrons. The zero-order chi connectivity index (χ0) is 25.7. The van der Waals surface area contributed by atoms with Crippen LogP contribution in [0.3, 0.4) is 0 Å². The minimum absolute atomic E-state index is 0.00343. The second-order valence-electron chi connectivity index (χ2n) is 8.41. The number of thiazole rings is 1. The molecule has 0 bridgehead atoms. The van der Waals surface area contributed by atoms with Crippen LogP contribution in [0.1, 0.15) is 18.4 Å². The summed E-state index contributed by atoms with van der Waals surface area (Å²) in [7, 11) is 3.88. The Labute approximate surface area is 230 Å². The molecule has 0 unspecified atom stereocenters. The molecule has 14 heteroatoms. The molecule has 2 aromatic heterocycles. The standard InChI is InChI=1S/C22H26ClIN8O3S/c1-32(2)8-7-25-17(33)11-35-13-5-6-14(15(23)9-13)16(10-26-24)27-19-18-20(31-30-19)28-22(36-18)29-21(34)12-3-4-12/h5-6,9-10,12,26H,3-4,7-8,11H2,1-2H3,(H,25,33)(H3,27,28,29,30,31,34)/b16-10-. The molecule has 192 valence electrons. The number of ether oxygens (including phenoxy) is 1. The fraction of sp³-hybridized carbons (Fsp3) is 0.364. The van der Waals surface area contributed by atoms with E-state index in [2.05, 4.69) is 34.7 Å². The number of anilines is 2. The second kappa shape index (κ2) is 12.1. The van der Waals surface area contributed by atoms with Crippen molar-refractivity contribution in [1.29, 1.82) is 0 Å². The molecule has 2 heterocycles. The summed E-state index contributed by atoms with van der Waals surface area (Å²) in [5.74, 6) is 0.933. The van der Waals surface area contributed by atoms with Gasteiger partial charge < -0.3 is 29.1 Å². The maximum absolute atomic E-state index is 12.1. The van der Waals surface area contributed by atoms with E-state index >= 15 is 0 Å². The number of likely N-dealkylation sites (N-methyl/N-ethyl adjacent to an activating group) is 1. The number of amides is 2. The number of hydrogen-bond donors (Lipinski definition) is 5. The van der Waals surface area contributed by atoms with E-state index in [0.717, 1.165) is 24.1 Å². The largest absolute Gasteiger partial charge is 0.484 e. The number of rotatable bonds is 12. The van der Waals surface area contributed by atoms with Crippen LogP contribution >= 0.6 is 45.8 Å². The summed E-state index contributed by atoms with van der Waals surface area (Å²) in [6, 6.07) is 5.20. The van der Waals surface area contributed by atoms with Gasteiger partial charge in [-0.05, 0) is 45.1 Å². The van der Waals surface area contributed by atoms with Crippen LogP contribution in [-0.4, -0.2) is 65.7 Å². The Bertz CT molecular complexity index is 1270. The number of benzene rings is 1. The summed E-state index contributed by atoms with van der Waals surface area (Å²) in [6.07, 6.45) is 3.60. The molecule has 1 aliphatic rings. The molecule has 1 fully saturated rings. The smallest absolute Gasteiger partial charge is 0.257 e. The van der Waals surface area contributed by atoms with Gasteiger partial charge in [0.15, 0.2) is 23.2 Å². The molecule has 1 aromatic carbocycles. The van der Waals surface area contributed by atoms with Crippen LogP contribution in [0.4, 0.5) is 10.9 Å². The van der Waals surface area contributed by atoms with Crippen LogP contribution in [0.25, 0.3) is 16.0 Å². The molecule has 3 aromatic rings. The topological polar surface area (TPSA) is 136 Å². The fourth-order valence-corrected chi connectivity index (χ4v) is 4.64. The fourth-order valence-electron chi connectivity index (χ4n) is 3.19.